The van der Waals surface area contributed by atoms with Gasteiger partial charge < -0.3 is 14.6 Å². The molecule has 0 amide bonds. The standard InChI is InChI=1S/C30H32N4O3/c1-7-8-16-23-19(3)31-25(20-13-11-14-21(17-20)37-6)28-27-24(29(35)33(5)30(36)32(27)4)26(34(23)28)22-15-10-9-12-18(22)2/h8-17,25,31H,7H2,1-6H3/b16-8-. The highest BCUT2D eigenvalue weighted by Gasteiger charge is 2.34. The first-order valence-corrected chi connectivity index (χ1v) is 12.5. The second kappa shape index (κ2) is 9.32. The molecule has 1 aliphatic heterocycles. The lowest BCUT2D eigenvalue weighted by Crippen LogP contribution is -2.37. The molecule has 0 saturated carbocycles. The predicted octanol–water partition coefficient (Wildman–Crippen LogP) is 4.87. The number of fused-ring (bicyclic) bond motifs is 3. The van der Waals surface area contributed by atoms with Crippen molar-refractivity contribution in [3.05, 3.63) is 104 Å². The third kappa shape index (κ3) is 3.73. The van der Waals surface area contributed by atoms with Crippen LogP contribution in [0.3, 0.4) is 0 Å². The number of benzene rings is 2. The maximum Gasteiger partial charge on any atom is 0.331 e. The number of hydrogen-bond acceptors (Lipinski definition) is 4. The smallest absolute Gasteiger partial charge is 0.331 e. The van der Waals surface area contributed by atoms with E-state index < -0.39 is 0 Å². The molecule has 0 fully saturated rings. The second-order valence-corrected chi connectivity index (χ2v) is 9.49. The van der Waals surface area contributed by atoms with E-state index in [1.165, 1.54) is 4.57 Å². The van der Waals surface area contributed by atoms with Crippen molar-refractivity contribution in [3.63, 3.8) is 0 Å². The number of methoxy groups -OCH3 is 1. The van der Waals surface area contributed by atoms with Gasteiger partial charge in [0, 0.05) is 25.4 Å². The van der Waals surface area contributed by atoms with Crippen molar-refractivity contribution in [2.75, 3.05) is 7.11 Å². The molecule has 1 aliphatic rings. The van der Waals surface area contributed by atoms with Crippen molar-refractivity contribution < 1.29 is 4.74 Å². The average Bonchev–Trinajstić information content (AvgIpc) is 3.26. The first-order chi connectivity index (χ1) is 17.8. The van der Waals surface area contributed by atoms with Crippen LogP contribution in [0, 0.1) is 6.92 Å². The molecule has 5 rings (SSSR count). The van der Waals surface area contributed by atoms with Gasteiger partial charge >= 0.3 is 5.69 Å². The highest BCUT2D eigenvalue weighted by molar-refractivity contribution is 6.00. The van der Waals surface area contributed by atoms with Gasteiger partial charge in [0.15, 0.2) is 0 Å². The van der Waals surface area contributed by atoms with Crippen molar-refractivity contribution in [1.29, 1.82) is 0 Å². The van der Waals surface area contributed by atoms with Crippen molar-refractivity contribution in [3.8, 4) is 17.0 Å². The van der Waals surface area contributed by atoms with Gasteiger partial charge in [0.2, 0.25) is 0 Å². The van der Waals surface area contributed by atoms with E-state index in [-0.39, 0.29) is 17.3 Å². The Kier molecular flexibility index (Phi) is 6.15. The summed E-state index contributed by atoms with van der Waals surface area (Å²) in [6.45, 7) is 6.19. The molecule has 4 aromatic rings. The number of allylic oxidation sites excluding steroid dienone is 4. The normalized spacial score (nSPS) is 15.4. The van der Waals surface area contributed by atoms with E-state index >= 15 is 0 Å². The largest absolute Gasteiger partial charge is 0.497 e. The van der Waals surface area contributed by atoms with Crippen molar-refractivity contribution in [2.24, 2.45) is 14.1 Å². The van der Waals surface area contributed by atoms with Crippen LogP contribution in [0.2, 0.25) is 0 Å². The van der Waals surface area contributed by atoms with Crippen LogP contribution in [0.25, 0.3) is 27.9 Å². The predicted molar refractivity (Wildman–Crippen MR) is 149 cm³/mol. The van der Waals surface area contributed by atoms with Crippen LogP contribution in [-0.2, 0) is 14.1 Å². The number of hydrogen-bond donors (Lipinski definition) is 1. The number of nitrogens with one attached hydrogen (secondary N) is 1. The molecule has 3 heterocycles. The number of nitrogens with zero attached hydrogens (tertiary/aromatic N) is 3. The minimum Gasteiger partial charge on any atom is -0.497 e. The van der Waals surface area contributed by atoms with Gasteiger partial charge in [-0.1, -0.05) is 49.4 Å². The topological polar surface area (TPSA) is 70.2 Å². The maximum atomic E-state index is 13.8. The van der Waals surface area contributed by atoms with Gasteiger partial charge in [0.1, 0.15) is 5.75 Å². The lowest BCUT2D eigenvalue weighted by molar-refractivity contribution is 0.413. The van der Waals surface area contributed by atoms with Gasteiger partial charge in [-0.3, -0.25) is 13.9 Å². The van der Waals surface area contributed by atoms with Crippen LogP contribution < -0.4 is 21.3 Å². The molecule has 7 nitrogen and oxygen atoms in total. The lowest BCUT2D eigenvalue weighted by atomic mass is 9.99. The quantitative estimate of drug-likeness (QED) is 0.428. The Morgan fingerprint density at radius 3 is 2.49 bits per heavy atom. The Labute approximate surface area is 215 Å². The molecule has 0 bridgehead atoms. The molecule has 1 atom stereocenters. The van der Waals surface area contributed by atoms with Crippen LogP contribution in [0.15, 0.2) is 76.0 Å². The molecule has 2 aromatic carbocycles. The Morgan fingerprint density at radius 1 is 1.03 bits per heavy atom. The molecule has 0 radical (unpaired) electrons. The lowest BCUT2D eigenvalue weighted by Gasteiger charge is -2.31. The molecule has 1 N–H and O–H groups in total. The summed E-state index contributed by atoms with van der Waals surface area (Å²) in [6.07, 6.45) is 5.07. The SMILES string of the molecule is CC/C=C\C1=C(C)NC(c2cccc(OC)c2)c2c3c(c(-c4ccccc4C)n21)c(=O)n(C)c(=O)n3C. The minimum absolute atomic E-state index is 0.306. The van der Waals surface area contributed by atoms with Gasteiger partial charge in [-0.05, 0) is 49.6 Å². The molecule has 37 heavy (non-hydrogen) atoms. The third-order valence-corrected chi connectivity index (χ3v) is 7.21. The summed E-state index contributed by atoms with van der Waals surface area (Å²) in [4.78, 5) is 27.0. The first kappa shape index (κ1) is 24.4. The minimum atomic E-state index is -0.358. The molecule has 1 unspecified atom stereocenters. The van der Waals surface area contributed by atoms with E-state index in [0.717, 1.165) is 51.6 Å². The Balaban J connectivity index is 2.04. The molecule has 2 aromatic heterocycles. The Hall–Kier alpha value is -4.26. The molecule has 0 aliphatic carbocycles. The van der Waals surface area contributed by atoms with Crippen molar-refractivity contribution >= 4 is 16.6 Å². The molecule has 0 saturated heterocycles. The zero-order chi connectivity index (χ0) is 26.4. The van der Waals surface area contributed by atoms with Gasteiger partial charge in [0.25, 0.3) is 5.56 Å². The van der Waals surface area contributed by atoms with Crippen LogP contribution >= 0.6 is 0 Å². The fourth-order valence-electron chi connectivity index (χ4n) is 5.32. The van der Waals surface area contributed by atoms with Crippen LogP contribution in [-0.4, -0.2) is 20.8 Å². The van der Waals surface area contributed by atoms with Gasteiger partial charge in [0.05, 0.1) is 41.1 Å². The Morgan fingerprint density at radius 2 is 1.78 bits per heavy atom. The van der Waals surface area contributed by atoms with Crippen LogP contribution in [0.4, 0.5) is 0 Å². The fourth-order valence-corrected chi connectivity index (χ4v) is 5.32. The summed E-state index contributed by atoms with van der Waals surface area (Å²) in [5, 5.41) is 4.21. The average molecular weight is 497 g/mol. The number of ether oxygens (including phenoxy) is 1. The van der Waals surface area contributed by atoms with Gasteiger partial charge in [-0.25, -0.2) is 4.79 Å². The summed E-state index contributed by atoms with van der Waals surface area (Å²) in [5.41, 5.74) is 6.50. The fraction of sp³-hybridized carbons (Fsp3) is 0.267. The molecule has 190 valence electrons. The molecule has 0 spiro atoms. The van der Waals surface area contributed by atoms with Crippen molar-refractivity contribution in [2.45, 2.75) is 33.2 Å². The molecule has 7 heteroatoms. The molecular formula is C30H32N4O3. The van der Waals surface area contributed by atoms with E-state index in [2.05, 4.69) is 35.9 Å². The number of aryl methyl sites for hydroxylation is 2. The summed E-state index contributed by atoms with van der Waals surface area (Å²) in [6, 6.07) is 15.7. The Bertz CT molecular complexity index is 1720. The van der Waals surface area contributed by atoms with Crippen LogP contribution in [0.1, 0.15) is 43.1 Å². The number of rotatable bonds is 5. The van der Waals surface area contributed by atoms with E-state index in [1.54, 1.807) is 25.8 Å². The van der Waals surface area contributed by atoms with E-state index in [0.29, 0.717) is 10.9 Å². The second-order valence-electron chi connectivity index (χ2n) is 9.49. The first-order valence-electron chi connectivity index (χ1n) is 12.5. The molecular weight excluding hydrogens is 464 g/mol. The zero-order valence-electron chi connectivity index (χ0n) is 22.1. The monoisotopic (exact) mass is 496 g/mol. The highest BCUT2D eigenvalue weighted by Crippen LogP contribution is 2.43. The van der Waals surface area contributed by atoms with E-state index in [1.807, 2.05) is 55.5 Å². The maximum absolute atomic E-state index is 13.8. The van der Waals surface area contributed by atoms with E-state index in [9.17, 15) is 9.59 Å². The van der Waals surface area contributed by atoms with Crippen molar-refractivity contribution in [1.82, 2.24) is 19.0 Å². The summed E-state index contributed by atoms with van der Waals surface area (Å²) >= 11 is 0. The number of aromatic nitrogens is 3. The zero-order valence-corrected chi connectivity index (χ0v) is 22.1. The third-order valence-electron chi connectivity index (χ3n) is 7.21. The highest BCUT2D eigenvalue weighted by atomic mass is 16.5. The summed E-state index contributed by atoms with van der Waals surface area (Å²) in [7, 11) is 4.93. The van der Waals surface area contributed by atoms with Gasteiger partial charge in [-0.15, -0.1) is 0 Å². The summed E-state index contributed by atoms with van der Waals surface area (Å²) in [5.74, 6) is 0.740. The van der Waals surface area contributed by atoms with Gasteiger partial charge in [-0.2, -0.15) is 0 Å². The van der Waals surface area contributed by atoms with Crippen LogP contribution in [0.5, 0.6) is 5.75 Å². The van der Waals surface area contributed by atoms with E-state index in [4.69, 9.17) is 4.74 Å². The summed E-state index contributed by atoms with van der Waals surface area (Å²) < 4.78 is 10.5.